The lowest BCUT2D eigenvalue weighted by atomic mass is 10.3. The van der Waals surface area contributed by atoms with Crippen molar-refractivity contribution in [3.05, 3.63) is 94.8 Å². The Labute approximate surface area is 211 Å². The number of nitrogens with one attached hydrogen (secondary N) is 1. The number of nitrogens with zero attached hydrogens (tertiary/aromatic N) is 4. The highest BCUT2D eigenvalue weighted by molar-refractivity contribution is 7.99. The summed E-state index contributed by atoms with van der Waals surface area (Å²) in [5.74, 6) is 1.65. The zero-order valence-corrected chi connectivity index (χ0v) is 20.3. The molecule has 0 spiro atoms. The molecular formula is C25H23N5O5S. The molecule has 184 valence electrons. The van der Waals surface area contributed by atoms with E-state index in [1.807, 2.05) is 66.1 Å². The number of nitro benzene ring substituents is 1. The van der Waals surface area contributed by atoms with Crippen molar-refractivity contribution in [2.75, 3.05) is 18.2 Å². The van der Waals surface area contributed by atoms with Gasteiger partial charge in [-0.05, 0) is 49.4 Å². The maximum atomic E-state index is 12.6. The smallest absolute Gasteiger partial charge is 0.271 e. The fourth-order valence-corrected chi connectivity index (χ4v) is 4.15. The predicted octanol–water partition coefficient (Wildman–Crippen LogP) is 5.05. The summed E-state index contributed by atoms with van der Waals surface area (Å²) in [5, 5.41) is 22.8. The second-order valence-corrected chi connectivity index (χ2v) is 8.53. The molecule has 0 aliphatic carbocycles. The maximum absolute atomic E-state index is 12.6. The summed E-state index contributed by atoms with van der Waals surface area (Å²) >= 11 is 1.20. The van der Waals surface area contributed by atoms with Gasteiger partial charge < -0.3 is 14.8 Å². The minimum atomic E-state index is -0.510. The van der Waals surface area contributed by atoms with Crippen LogP contribution in [-0.2, 0) is 4.79 Å². The zero-order chi connectivity index (χ0) is 25.5. The van der Waals surface area contributed by atoms with Crippen molar-refractivity contribution in [3.8, 4) is 17.2 Å². The number of para-hydroxylation sites is 1. The van der Waals surface area contributed by atoms with Crippen molar-refractivity contribution in [2.45, 2.75) is 18.2 Å². The van der Waals surface area contributed by atoms with Gasteiger partial charge in [-0.1, -0.05) is 36.0 Å². The Balaban J connectivity index is 1.51. The third-order valence-electron chi connectivity index (χ3n) is 5.08. The molecule has 0 aliphatic rings. The first-order valence-electron chi connectivity index (χ1n) is 10.9. The SMILES string of the molecule is COc1ccc(OC(C)c2nnc(SCC(=O)Nc3cccc([N+](=O)[O-])c3)n2-c2ccccc2)cc1. The van der Waals surface area contributed by atoms with Crippen LogP contribution in [-0.4, -0.2) is 38.5 Å². The molecule has 1 atom stereocenters. The van der Waals surface area contributed by atoms with Crippen LogP contribution in [0.1, 0.15) is 18.9 Å². The van der Waals surface area contributed by atoms with Gasteiger partial charge in [0.15, 0.2) is 17.1 Å². The average molecular weight is 506 g/mol. The van der Waals surface area contributed by atoms with Gasteiger partial charge in [0.1, 0.15) is 11.5 Å². The van der Waals surface area contributed by atoms with Crippen LogP contribution >= 0.6 is 11.8 Å². The third kappa shape index (κ3) is 5.99. The Kier molecular flexibility index (Phi) is 7.81. The molecular weight excluding hydrogens is 482 g/mol. The number of nitro groups is 1. The van der Waals surface area contributed by atoms with Crippen LogP contribution in [0.5, 0.6) is 11.5 Å². The molecule has 4 rings (SSSR count). The molecule has 0 bridgehead atoms. The van der Waals surface area contributed by atoms with E-state index in [9.17, 15) is 14.9 Å². The van der Waals surface area contributed by atoms with E-state index in [1.165, 1.54) is 30.0 Å². The lowest BCUT2D eigenvalue weighted by molar-refractivity contribution is -0.384. The van der Waals surface area contributed by atoms with E-state index in [2.05, 4.69) is 15.5 Å². The normalized spacial score (nSPS) is 11.5. The molecule has 4 aromatic rings. The van der Waals surface area contributed by atoms with Crippen molar-refractivity contribution in [3.63, 3.8) is 0 Å². The van der Waals surface area contributed by atoms with Crippen LogP contribution in [0.3, 0.4) is 0 Å². The first-order valence-corrected chi connectivity index (χ1v) is 11.9. The molecule has 0 saturated carbocycles. The second kappa shape index (κ2) is 11.4. The highest BCUT2D eigenvalue weighted by Crippen LogP contribution is 2.29. The molecule has 1 N–H and O–H groups in total. The molecule has 11 heteroatoms. The number of hydrogen-bond donors (Lipinski definition) is 1. The largest absolute Gasteiger partial charge is 0.497 e. The minimum absolute atomic E-state index is 0.0291. The number of hydrogen-bond acceptors (Lipinski definition) is 8. The van der Waals surface area contributed by atoms with Crippen molar-refractivity contribution in [1.29, 1.82) is 0 Å². The van der Waals surface area contributed by atoms with E-state index in [4.69, 9.17) is 9.47 Å². The van der Waals surface area contributed by atoms with Gasteiger partial charge in [-0.3, -0.25) is 19.5 Å². The molecule has 0 aliphatic heterocycles. The van der Waals surface area contributed by atoms with Gasteiger partial charge in [0, 0.05) is 23.5 Å². The number of aromatic nitrogens is 3. The van der Waals surface area contributed by atoms with Gasteiger partial charge in [-0.2, -0.15) is 0 Å². The van der Waals surface area contributed by atoms with Gasteiger partial charge >= 0.3 is 0 Å². The molecule has 0 radical (unpaired) electrons. The number of carbonyl (C=O) groups is 1. The maximum Gasteiger partial charge on any atom is 0.271 e. The first-order chi connectivity index (χ1) is 17.4. The molecule has 10 nitrogen and oxygen atoms in total. The van der Waals surface area contributed by atoms with Crippen molar-refractivity contribution >= 4 is 29.0 Å². The summed E-state index contributed by atoms with van der Waals surface area (Å²) in [5.41, 5.74) is 1.07. The van der Waals surface area contributed by atoms with Crippen LogP contribution in [0, 0.1) is 10.1 Å². The molecule has 1 heterocycles. The summed E-state index contributed by atoms with van der Waals surface area (Å²) in [4.78, 5) is 23.0. The highest BCUT2D eigenvalue weighted by Gasteiger charge is 2.22. The number of non-ortho nitro benzene ring substituents is 1. The van der Waals surface area contributed by atoms with E-state index in [1.54, 1.807) is 13.2 Å². The van der Waals surface area contributed by atoms with E-state index in [0.29, 0.717) is 22.4 Å². The van der Waals surface area contributed by atoms with Crippen LogP contribution in [0.2, 0.25) is 0 Å². The minimum Gasteiger partial charge on any atom is -0.497 e. The molecule has 3 aromatic carbocycles. The average Bonchev–Trinajstić information content (AvgIpc) is 3.33. The number of amides is 1. The highest BCUT2D eigenvalue weighted by atomic mass is 32.2. The van der Waals surface area contributed by atoms with E-state index in [0.717, 1.165) is 11.4 Å². The zero-order valence-electron chi connectivity index (χ0n) is 19.5. The number of benzene rings is 3. The van der Waals surface area contributed by atoms with Gasteiger partial charge in [0.2, 0.25) is 5.91 Å². The molecule has 1 amide bonds. The number of rotatable bonds is 10. The van der Waals surface area contributed by atoms with Crippen molar-refractivity contribution in [2.24, 2.45) is 0 Å². The van der Waals surface area contributed by atoms with Crippen LogP contribution < -0.4 is 14.8 Å². The molecule has 0 saturated heterocycles. The molecule has 1 unspecified atom stereocenters. The Bertz CT molecular complexity index is 1340. The quantitative estimate of drug-likeness (QED) is 0.180. The summed E-state index contributed by atoms with van der Waals surface area (Å²) in [6, 6.07) is 22.6. The number of anilines is 1. The number of ether oxygens (including phenoxy) is 2. The lowest BCUT2D eigenvalue weighted by Crippen LogP contribution is -2.15. The van der Waals surface area contributed by atoms with E-state index < -0.39 is 11.0 Å². The topological polar surface area (TPSA) is 121 Å². The molecule has 1 aromatic heterocycles. The number of methoxy groups -OCH3 is 1. The van der Waals surface area contributed by atoms with Gasteiger partial charge in [0.25, 0.3) is 5.69 Å². The van der Waals surface area contributed by atoms with Crippen molar-refractivity contribution in [1.82, 2.24) is 14.8 Å². The monoisotopic (exact) mass is 505 g/mol. The molecule has 36 heavy (non-hydrogen) atoms. The molecule has 0 fully saturated rings. The third-order valence-corrected chi connectivity index (χ3v) is 6.01. The summed E-state index contributed by atoms with van der Waals surface area (Å²) in [7, 11) is 1.60. The standard InChI is InChI=1S/C25H23N5O5S/c1-17(35-22-13-11-21(34-2)12-14-22)24-27-28-25(29(24)19-8-4-3-5-9-19)36-16-23(31)26-18-7-6-10-20(15-18)30(32)33/h3-15,17H,16H2,1-2H3,(H,26,31). The first kappa shape index (κ1) is 24.7. The van der Waals surface area contributed by atoms with Crippen LogP contribution in [0.25, 0.3) is 5.69 Å². The van der Waals surface area contributed by atoms with Gasteiger partial charge in [0.05, 0.1) is 17.8 Å². The second-order valence-electron chi connectivity index (χ2n) is 7.59. The van der Waals surface area contributed by atoms with E-state index in [-0.39, 0.29) is 17.3 Å². The lowest BCUT2D eigenvalue weighted by Gasteiger charge is -2.17. The fourth-order valence-electron chi connectivity index (χ4n) is 3.39. The van der Waals surface area contributed by atoms with Crippen LogP contribution in [0.15, 0.2) is 84.0 Å². The fraction of sp³-hybridized carbons (Fsp3) is 0.160. The van der Waals surface area contributed by atoms with Gasteiger partial charge in [-0.25, -0.2) is 0 Å². The van der Waals surface area contributed by atoms with Gasteiger partial charge in [-0.15, -0.1) is 10.2 Å². The Morgan fingerprint density at radius 2 is 1.78 bits per heavy atom. The van der Waals surface area contributed by atoms with Crippen molar-refractivity contribution < 1.29 is 19.2 Å². The number of carbonyl (C=O) groups excluding carboxylic acids is 1. The Morgan fingerprint density at radius 3 is 2.47 bits per heavy atom. The Hall–Kier alpha value is -4.38. The van der Waals surface area contributed by atoms with Crippen LogP contribution in [0.4, 0.5) is 11.4 Å². The predicted molar refractivity (Wildman–Crippen MR) is 136 cm³/mol. The summed E-state index contributed by atoms with van der Waals surface area (Å²) in [6.07, 6.45) is -0.445. The number of thioether (sulfide) groups is 1. The van der Waals surface area contributed by atoms with E-state index >= 15 is 0 Å². The summed E-state index contributed by atoms with van der Waals surface area (Å²) < 4.78 is 13.1. The summed E-state index contributed by atoms with van der Waals surface area (Å²) in [6.45, 7) is 1.87. The Morgan fingerprint density at radius 1 is 1.06 bits per heavy atom.